The van der Waals surface area contributed by atoms with Crippen LogP contribution in [0.5, 0.6) is 0 Å². The van der Waals surface area contributed by atoms with Gasteiger partial charge in [0.2, 0.25) is 11.9 Å². The average Bonchev–Trinajstić information content (AvgIpc) is 2.77. The summed E-state index contributed by atoms with van der Waals surface area (Å²) >= 11 is 0. The van der Waals surface area contributed by atoms with Crippen molar-refractivity contribution in [1.82, 2.24) is 9.97 Å². The molecule has 0 aromatic carbocycles. The van der Waals surface area contributed by atoms with Gasteiger partial charge >= 0.3 is 0 Å². The molecule has 7 nitrogen and oxygen atoms in total. The van der Waals surface area contributed by atoms with Crippen LogP contribution in [0.2, 0.25) is 0 Å². The van der Waals surface area contributed by atoms with Crippen LogP contribution in [-0.4, -0.2) is 36.0 Å². The van der Waals surface area contributed by atoms with Crippen LogP contribution in [0.3, 0.4) is 0 Å². The van der Waals surface area contributed by atoms with Crippen LogP contribution in [0.1, 0.15) is 6.42 Å². The predicted molar refractivity (Wildman–Crippen MR) is 65.5 cm³/mol. The van der Waals surface area contributed by atoms with Gasteiger partial charge in [0.1, 0.15) is 11.6 Å². The molecule has 1 fully saturated rings. The van der Waals surface area contributed by atoms with Gasteiger partial charge < -0.3 is 21.7 Å². The molecular weight excluding hydrogens is 220 g/mol. The second-order valence-electron chi connectivity index (χ2n) is 4.05. The summed E-state index contributed by atoms with van der Waals surface area (Å²) in [4.78, 5) is 21.3. The number of primary amides is 1. The van der Waals surface area contributed by atoms with Crippen molar-refractivity contribution in [1.29, 1.82) is 0 Å². The molecule has 92 valence electrons. The quantitative estimate of drug-likeness (QED) is 0.647. The molecule has 1 unspecified atom stereocenters. The highest BCUT2D eigenvalue weighted by molar-refractivity contribution is 5.78. The molecule has 0 aliphatic carbocycles. The Labute approximate surface area is 99.2 Å². The summed E-state index contributed by atoms with van der Waals surface area (Å²) in [5.41, 5.74) is 10.9. The lowest BCUT2D eigenvalue weighted by Crippen LogP contribution is -2.27. The number of nitrogen functional groups attached to an aromatic ring is 1. The summed E-state index contributed by atoms with van der Waals surface area (Å²) in [7, 11) is 1.77. The van der Waals surface area contributed by atoms with Gasteiger partial charge in [0.15, 0.2) is 0 Å². The molecule has 5 N–H and O–H groups in total. The van der Waals surface area contributed by atoms with Gasteiger partial charge in [-0.1, -0.05) is 0 Å². The summed E-state index contributed by atoms with van der Waals surface area (Å²) in [6.07, 6.45) is 0.758. The molecule has 7 heteroatoms. The van der Waals surface area contributed by atoms with Gasteiger partial charge in [-0.05, 0) is 6.42 Å². The molecular formula is C10H16N6O. The lowest BCUT2D eigenvalue weighted by Gasteiger charge is -2.17. The van der Waals surface area contributed by atoms with Crippen molar-refractivity contribution in [3.05, 3.63) is 6.07 Å². The van der Waals surface area contributed by atoms with Gasteiger partial charge in [0.25, 0.3) is 0 Å². The van der Waals surface area contributed by atoms with Crippen molar-refractivity contribution < 1.29 is 4.79 Å². The first kappa shape index (κ1) is 11.4. The number of aromatic nitrogens is 2. The van der Waals surface area contributed by atoms with Crippen molar-refractivity contribution in [3.63, 3.8) is 0 Å². The summed E-state index contributed by atoms with van der Waals surface area (Å²) in [6.45, 7) is 1.35. The van der Waals surface area contributed by atoms with Gasteiger partial charge in [-0.25, -0.2) is 0 Å². The highest BCUT2D eigenvalue weighted by Crippen LogP contribution is 2.24. The molecule has 1 aromatic heterocycles. The SMILES string of the molecule is CNc1cc(N2CCC(C(N)=O)C2)nc(N)n1. The van der Waals surface area contributed by atoms with Gasteiger partial charge in [0, 0.05) is 26.2 Å². The lowest BCUT2D eigenvalue weighted by atomic mass is 10.1. The molecule has 1 aliphatic rings. The number of carbonyl (C=O) groups is 1. The van der Waals surface area contributed by atoms with Crippen LogP contribution in [-0.2, 0) is 4.79 Å². The molecule has 1 amide bonds. The van der Waals surface area contributed by atoms with E-state index < -0.39 is 0 Å². The van der Waals surface area contributed by atoms with Gasteiger partial charge in [-0.2, -0.15) is 9.97 Å². The maximum atomic E-state index is 11.1. The van der Waals surface area contributed by atoms with E-state index in [1.54, 1.807) is 13.1 Å². The molecule has 17 heavy (non-hydrogen) atoms. The van der Waals surface area contributed by atoms with E-state index in [9.17, 15) is 4.79 Å². The number of amides is 1. The second-order valence-corrected chi connectivity index (χ2v) is 4.05. The largest absolute Gasteiger partial charge is 0.373 e. The predicted octanol–water partition coefficient (Wildman–Crippen LogP) is -0.588. The van der Waals surface area contributed by atoms with Crippen LogP contribution in [0, 0.1) is 5.92 Å². The van der Waals surface area contributed by atoms with E-state index in [1.165, 1.54) is 0 Å². The van der Waals surface area contributed by atoms with Crippen LogP contribution < -0.4 is 21.7 Å². The topological polar surface area (TPSA) is 110 Å². The van der Waals surface area contributed by atoms with Crippen LogP contribution in [0.25, 0.3) is 0 Å². The fraction of sp³-hybridized carbons (Fsp3) is 0.500. The van der Waals surface area contributed by atoms with Gasteiger partial charge in [-0.3, -0.25) is 4.79 Å². The molecule has 0 saturated carbocycles. The number of carbonyl (C=O) groups excluding carboxylic acids is 1. The number of rotatable bonds is 3. The summed E-state index contributed by atoms with van der Waals surface area (Å²) < 4.78 is 0. The number of nitrogens with one attached hydrogen (secondary N) is 1. The Morgan fingerprint density at radius 1 is 1.59 bits per heavy atom. The van der Waals surface area contributed by atoms with Crippen molar-refractivity contribution in [3.8, 4) is 0 Å². The van der Waals surface area contributed by atoms with E-state index in [0.29, 0.717) is 12.4 Å². The standard InChI is InChI=1S/C10H16N6O/c1-13-7-4-8(15-10(12)14-7)16-3-2-6(5-16)9(11)17/h4,6H,2-3,5H2,1H3,(H2,11,17)(H3,12,13,14,15). The molecule has 1 saturated heterocycles. The molecule has 2 heterocycles. The van der Waals surface area contributed by atoms with E-state index in [1.807, 2.05) is 4.90 Å². The molecule has 1 aromatic rings. The Morgan fingerprint density at radius 3 is 2.94 bits per heavy atom. The van der Waals surface area contributed by atoms with Crippen molar-refractivity contribution >= 4 is 23.5 Å². The minimum absolute atomic E-state index is 0.107. The van der Waals surface area contributed by atoms with Gasteiger partial charge in [0.05, 0.1) is 5.92 Å². The average molecular weight is 236 g/mol. The number of hydrogen-bond donors (Lipinski definition) is 3. The third kappa shape index (κ3) is 2.38. The fourth-order valence-electron chi connectivity index (χ4n) is 1.94. The van der Waals surface area contributed by atoms with E-state index in [2.05, 4.69) is 15.3 Å². The smallest absolute Gasteiger partial charge is 0.223 e. The molecule has 0 bridgehead atoms. The first-order valence-corrected chi connectivity index (χ1v) is 5.46. The third-order valence-electron chi connectivity index (χ3n) is 2.90. The van der Waals surface area contributed by atoms with Crippen molar-refractivity contribution in [2.75, 3.05) is 36.1 Å². The number of hydrogen-bond acceptors (Lipinski definition) is 6. The molecule has 0 spiro atoms. The van der Waals surface area contributed by atoms with Crippen LogP contribution in [0.4, 0.5) is 17.6 Å². The zero-order chi connectivity index (χ0) is 12.4. The monoisotopic (exact) mass is 236 g/mol. The van der Waals surface area contributed by atoms with Crippen LogP contribution >= 0.6 is 0 Å². The second kappa shape index (κ2) is 4.44. The Balaban J connectivity index is 2.18. The molecule has 2 rings (SSSR count). The van der Waals surface area contributed by atoms with Gasteiger partial charge in [-0.15, -0.1) is 0 Å². The maximum absolute atomic E-state index is 11.1. The molecule has 0 radical (unpaired) electrons. The maximum Gasteiger partial charge on any atom is 0.223 e. The first-order valence-electron chi connectivity index (χ1n) is 5.46. The normalized spacial score (nSPS) is 19.4. The highest BCUT2D eigenvalue weighted by Gasteiger charge is 2.27. The fourth-order valence-corrected chi connectivity index (χ4v) is 1.94. The zero-order valence-corrected chi connectivity index (χ0v) is 9.68. The van der Waals surface area contributed by atoms with Crippen molar-refractivity contribution in [2.45, 2.75) is 6.42 Å². The minimum atomic E-state index is -0.261. The number of nitrogens with two attached hydrogens (primary N) is 2. The highest BCUT2D eigenvalue weighted by atomic mass is 16.1. The molecule has 1 aliphatic heterocycles. The molecule has 1 atom stereocenters. The Kier molecular flexibility index (Phi) is 2.99. The zero-order valence-electron chi connectivity index (χ0n) is 9.68. The Hall–Kier alpha value is -2.05. The third-order valence-corrected chi connectivity index (χ3v) is 2.90. The van der Waals surface area contributed by atoms with E-state index in [-0.39, 0.29) is 17.8 Å². The first-order chi connectivity index (χ1) is 8.10. The lowest BCUT2D eigenvalue weighted by molar-refractivity contribution is -0.121. The van der Waals surface area contributed by atoms with E-state index in [4.69, 9.17) is 11.5 Å². The number of nitrogens with zero attached hydrogens (tertiary/aromatic N) is 3. The Bertz CT molecular complexity index is 435. The van der Waals surface area contributed by atoms with Crippen LogP contribution in [0.15, 0.2) is 6.07 Å². The van der Waals surface area contributed by atoms with Crippen molar-refractivity contribution in [2.24, 2.45) is 11.7 Å². The summed E-state index contributed by atoms with van der Waals surface area (Å²) in [6, 6.07) is 1.81. The minimum Gasteiger partial charge on any atom is -0.373 e. The number of anilines is 3. The summed E-state index contributed by atoms with van der Waals surface area (Å²) in [5.74, 6) is 1.24. The Morgan fingerprint density at radius 2 is 2.35 bits per heavy atom. The van der Waals surface area contributed by atoms with E-state index >= 15 is 0 Å². The van der Waals surface area contributed by atoms with E-state index in [0.717, 1.165) is 18.8 Å². The summed E-state index contributed by atoms with van der Waals surface area (Å²) in [5, 5.41) is 2.92.